The Morgan fingerprint density at radius 2 is 2.38 bits per heavy atom. The normalized spacial score (nSPS) is 18.5. The summed E-state index contributed by atoms with van der Waals surface area (Å²) in [6, 6.07) is 5.43. The molecule has 1 atom stereocenters. The van der Waals surface area contributed by atoms with Gasteiger partial charge in [0.25, 0.3) is 0 Å². The number of H-pyrrole nitrogens is 1. The summed E-state index contributed by atoms with van der Waals surface area (Å²) in [5, 5.41) is 15.5. The largest absolute Gasteiger partial charge is 0.434 e. The number of piperidine rings is 1. The first-order chi connectivity index (χ1) is 10.2. The van der Waals surface area contributed by atoms with Crippen molar-refractivity contribution in [1.82, 2.24) is 15.2 Å². The van der Waals surface area contributed by atoms with E-state index in [9.17, 15) is 4.79 Å². The van der Waals surface area contributed by atoms with E-state index in [0.29, 0.717) is 23.3 Å². The highest BCUT2D eigenvalue weighted by Gasteiger charge is 2.26. The van der Waals surface area contributed by atoms with E-state index in [-0.39, 0.29) is 11.6 Å². The third kappa shape index (κ3) is 2.76. The average molecular weight is 306 g/mol. The number of hydrogen-bond acceptors (Lipinski definition) is 6. The molecule has 1 aliphatic rings. The molecule has 8 heteroatoms. The molecule has 0 aromatic carbocycles. The van der Waals surface area contributed by atoms with Crippen molar-refractivity contribution >= 4 is 17.4 Å². The molecule has 108 valence electrons. The molecule has 0 saturated carbocycles. The number of nitriles is 1. The maximum absolute atomic E-state index is 11.0. The summed E-state index contributed by atoms with van der Waals surface area (Å²) in [4.78, 5) is 17.3. The Bertz CT molecular complexity index is 748. The highest BCUT2D eigenvalue weighted by molar-refractivity contribution is 6.31. The summed E-state index contributed by atoms with van der Waals surface area (Å²) in [7, 11) is 0. The van der Waals surface area contributed by atoms with E-state index < -0.39 is 5.76 Å². The van der Waals surface area contributed by atoms with Crippen LogP contribution in [-0.4, -0.2) is 28.3 Å². The Kier molecular flexibility index (Phi) is 3.62. The third-order valence-electron chi connectivity index (χ3n) is 3.49. The third-order valence-corrected chi connectivity index (χ3v) is 3.79. The molecule has 3 rings (SSSR count). The number of nitrogens with zero attached hydrogens (tertiary/aromatic N) is 4. The number of anilines is 1. The van der Waals surface area contributed by atoms with Gasteiger partial charge in [0.15, 0.2) is 5.69 Å². The van der Waals surface area contributed by atoms with Crippen molar-refractivity contribution in [2.75, 3.05) is 18.0 Å². The van der Waals surface area contributed by atoms with Crippen LogP contribution >= 0.6 is 11.6 Å². The van der Waals surface area contributed by atoms with Crippen molar-refractivity contribution < 1.29 is 4.42 Å². The molecule has 0 radical (unpaired) electrons. The van der Waals surface area contributed by atoms with Gasteiger partial charge in [-0.15, -0.1) is 5.10 Å². The zero-order valence-corrected chi connectivity index (χ0v) is 11.8. The molecule has 1 saturated heterocycles. The van der Waals surface area contributed by atoms with E-state index in [1.807, 2.05) is 11.0 Å². The molecule has 2 aromatic heterocycles. The molecule has 1 N–H and O–H groups in total. The molecule has 0 aliphatic carbocycles. The number of nitrogens with one attached hydrogen (secondary N) is 1. The smallest absolute Gasteiger partial charge is 0.392 e. The van der Waals surface area contributed by atoms with E-state index >= 15 is 0 Å². The minimum absolute atomic E-state index is 0.0284. The summed E-state index contributed by atoms with van der Waals surface area (Å²) in [5.74, 6) is 0.594. The average Bonchev–Trinajstić information content (AvgIpc) is 2.94. The van der Waals surface area contributed by atoms with Crippen molar-refractivity contribution in [3.05, 3.63) is 39.3 Å². The maximum Gasteiger partial charge on any atom is 0.434 e. The topological polar surface area (TPSA) is 98.8 Å². The molecule has 21 heavy (non-hydrogen) atoms. The van der Waals surface area contributed by atoms with Crippen molar-refractivity contribution in [2.24, 2.45) is 0 Å². The Balaban J connectivity index is 1.83. The molecule has 3 heterocycles. The van der Waals surface area contributed by atoms with E-state index in [4.69, 9.17) is 21.3 Å². The summed E-state index contributed by atoms with van der Waals surface area (Å²) >= 11 is 5.90. The van der Waals surface area contributed by atoms with Crippen LogP contribution in [0.5, 0.6) is 0 Å². The van der Waals surface area contributed by atoms with Crippen LogP contribution in [0, 0.1) is 11.3 Å². The highest BCUT2D eigenvalue weighted by atomic mass is 35.5. The van der Waals surface area contributed by atoms with E-state index in [1.165, 1.54) is 0 Å². The van der Waals surface area contributed by atoms with Crippen LogP contribution < -0.4 is 10.7 Å². The molecular formula is C13H12ClN5O2. The number of aromatic nitrogens is 3. The molecule has 1 unspecified atom stereocenters. The lowest BCUT2D eigenvalue weighted by Gasteiger charge is -2.32. The van der Waals surface area contributed by atoms with Gasteiger partial charge in [-0.2, -0.15) is 5.26 Å². The van der Waals surface area contributed by atoms with Gasteiger partial charge >= 0.3 is 5.76 Å². The van der Waals surface area contributed by atoms with Gasteiger partial charge in [-0.25, -0.2) is 14.9 Å². The first-order valence-electron chi connectivity index (χ1n) is 6.54. The van der Waals surface area contributed by atoms with Gasteiger partial charge in [-0.05, 0) is 25.0 Å². The number of hydrogen-bond donors (Lipinski definition) is 1. The standard InChI is InChI=1S/C13H12ClN5O2/c14-9-3-4-11(16-10(9)6-15)19-5-1-2-8(7-19)12-17-18-13(20)21-12/h3-4,8H,1-2,5,7H2,(H,18,20). The van der Waals surface area contributed by atoms with Crippen LogP contribution in [0.4, 0.5) is 5.82 Å². The van der Waals surface area contributed by atoms with E-state index in [1.54, 1.807) is 12.1 Å². The maximum atomic E-state index is 11.0. The highest BCUT2D eigenvalue weighted by Crippen LogP contribution is 2.28. The van der Waals surface area contributed by atoms with Crippen LogP contribution in [0.3, 0.4) is 0 Å². The predicted molar refractivity (Wildman–Crippen MR) is 75.3 cm³/mol. The van der Waals surface area contributed by atoms with Crippen molar-refractivity contribution in [3.8, 4) is 6.07 Å². The summed E-state index contributed by atoms with van der Waals surface area (Å²) in [6.07, 6.45) is 1.82. The molecule has 0 spiro atoms. The lowest BCUT2D eigenvalue weighted by molar-refractivity contribution is 0.384. The molecule has 1 aliphatic heterocycles. The van der Waals surface area contributed by atoms with Crippen LogP contribution in [0.1, 0.15) is 30.3 Å². The van der Waals surface area contributed by atoms with Crippen molar-refractivity contribution in [3.63, 3.8) is 0 Å². The van der Waals surface area contributed by atoms with Crippen LogP contribution in [-0.2, 0) is 0 Å². The van der Waals surface area contributed by atoms with Crippen LogP contribution in [0.25, 0.3) is 0 Å². The summed E-state index contributed by atoms with van der Waals surface area (Å²) in [5.41, 5.74) is 0.211. The zero-order chi connectivity index (χ0) is 14.8. The Morgan fingerprint density at radius 3 is 3.10 bits per heavy atom. The lowest BCUT2D eigenvalue weighted by Crippen LogP contribution is -2.35. The Labute approximate surface area is 125 Å². The summed E-state index contributed by atoms with van der Waals surface area (Å²) in [6.45, 7) is 1.46. The molecule has 2 aromatic rings. The molecular weight excluding hydrogens is 294 g/mol. The molecule has 1 fully saturated rings. The number of halogens is 1. The second-order valence-corrected chi connectivity index (χ2v) is 5.26. The van der Waals surface area contributed by atoms with Crippen molar-refractivity contribution in [2.45, 2.75) is 18.8 Å². The number of rotatable bonds is 2. The fraction of sp³-hybridized carbons (Fsp3) is 0.385. The number of pyridine rings is 1. The minimum Gasteiger partial charge on any atom is -0.392 e. The quantitative estimate of drug-likeness (QED) is 0.906. The second kappa shape index (κ2) is 5.58. The molecule has 0 bridgehead atoms. The fourth-order valence-electron chi connectivity index (χ4n) is 2.49. The molecule has 0 amide bonds. The van der Waals surface area contributed by atoms with E-state index in [0.717, 1.165) is 19.4 Å². The zero-order valence-electron chi connectivity index (χ0n) is 11.0. The Hall–Kier alpha value is -2.33. The molecule has 7 nitrogen and oxygen atoms in total. The first-order valence-corrected chi connectivity index (χ1v) is 6.92. The lowest BCUT2D eigenvalue weighted by atomic mass is 9.98. The van der Waals surface area contributed by atoms with Gasteiger partial charge < -0.3 is 9.32 Å². The Morgan fingerprint density at radius 1 is 1.52 bits per heavy atom. The SMILES string of the molecule is N#Cc1nc(N2CCCC(c3n[nH]c(=O)o3)C2)ccc1Cl. The van der Waals surface area contributed by atoms with Crippen LogP contribution in [0.15, 0.2) is 21.3 Å². The minimum atomic E-state index is -0.543. The van der Waals surface area contributed by atoms with Crippen LogP contribution in [0.2, 0.25) is 5.02 Å². The fourth-order valence-corrected chi connectivity index (χ4v) is 2.64. The van der Waals surface area contributed by atoms with Gasteiger partial charge in [-0.3, -0.25) is 0 Å². The van der Waals surface area contributed by atoms with Gasteiger partial charge in [0.1, 0.15) is 11.9 Å². The van der Waals surface area contributed by atoms with Crippen molar-refractivity contribution in [1.29, 1.82) is 5.26 Å². The first kappa shape index (κ1) is 13.6. The van der Waals surface area contributed by atoms with Gasteiger partial charge in [0.2, 0.25) is 5.89 Å². The monoisotopic (exact) mass is 305 g/mol. The van der Waals surface area contributed by atoms with Gasteiger partial charge in [0.05, 0.1) is 10.9 Å². The second-order valence-electron chi connectivity index (χ2n) is 4.85. The van der Waals surface area contributed by atoms with Gasteiger partial charge in [0, 0.05) is 13.1 Å². The van der Waals surface area contributed by atoms with Gasteiger partial charge in [-0.1, -0.05) is 11.6 Å². The van der Waals surface area contributed by atoms with E-state index in [2.05, 4.69) is 15.2 Å². The predicted octanol–water partition coefficient (Wildman–Crippen LogP) is 1.67. The number of aromatic amines is 1. The summed E-state index contributed by atoms with van der Waals surface area (Å²) < 4.78 is 5.03.